The van der Waals surface area contributed by atoms with Crippen LogP contribution in [-0.2, 0) is 4.74 Å². The predicted molar refractivity (Wildman–Crippen MR) is 85.8 cm³/mol. The van der Waals surface area contributed by atoms with E-state index in [1.165, 1.54) is 5.56 Å². The zero-order valence-electron chi connectivity index (χ0n) is 13.4. The van der Waals surface area contributed by atoms with Gasteiger partial charge in [0, 0.05) is 25.7 Å². The molecule has 0 heterocycles. The number of likely N-dealkylation sites (N-methyl/N-ethyl adjacent to an activating group) is 1. The van der Waals surface area contributed by atoms with Gasteiger partial charge in [0.05, 0.1) is 6.61 Å². The van der Waals surface area contributed by atoms with Gasteiger partial charge in [-0.2, -0.15) is 0 Å². The molecule has 1 unspecified atom stereocenters. The first-order chi connectivity index (χ1) is 9.51. The Morgan fingerprint density at radius 3 is 2.40 bits per heavy atom. The Morgan fingerprint density at radius 1 is 1.20 bits per heavy atom. The normalized spacial score (nSPS) is 13.7. The average molecular weight is 278 g/mol. The van der Waals surface area contributed by atoms with E-state index in [2.05, 4.69) is 49.9 Å². The van der Waals surface area contributed by atoms with Crippen LogP contribution in [0.1, 0.15) is 39.3 Å². The molecule has 0 saturated carbocycles. The van der Waals surface area contributed by atoms with Gasteiger partial charge in [-0.15, -0.1) is 0 Å². The van der Waals surface area contributed by atoms with Crippen LogP contribution in [0.3, 0.4) is 0 Å². The highest BCUT2D eigenvalue weighted by molar-refractivity contribution is 5.20. The van der Waals surface area contributed by atoms with E-state index in [0.29, 0.717) is 0 Å². The molecule has 0 bridgehead atoms. The van der Waals surface area contributed by atoms with Gasteiger partial charge in [0.1, 0.15) is 0 Å². The smallest absolute Gasteiger partial charge is 0.0593 e. The van der Waals surface area contributed by atoms with Crippen molar-refractivity contribution in [3.63, 3.8) is 0 Å². The van der Waals surface area contributed by atoms with Gasteiger partial charge in [-0.25, -0.2) is 0 Å². The van der Waals surface area contributed by atoms with Gasteiger partial charge in [-0.3, -0.25) is 0 Å². The third-order valence-corrected chi connectivity index (χ3v) is 3.83. The molecule has 0 aliphatic rings. The molecule has 3 nitrogen and oxygen atoms in total. The average Bonchev–Trinajstić information content (AvgIpc) is 2.46. The zero-order chi connectivity index (χ0) is 15.0. The summed E-state index contributed by atoms with van der Waals surface area (Å²) in [7, 11) is 0. The molecule has 0 spiro atoms. The number of hydrogen-bond acceptors (Lipinski definition) is 3. The maximum absolute atomic E-state index is 6.47. The molecule has 0 fully saturated rings. The van der Waals surface area contributed by atoms with Gasteiger partial charge >= 0.3 is 0 Å². The van der Waals surface area contributed by atoms with Crippen LogP contribution < -0.4 is 5.73 Å². The van der Waals surface area contributed by atoms with E-state index < -0.39 is 0 Å². The summed E-state index contributed by atoms with van der Waals surface area (Å²) in [6.45, 7) is 13.3. The van der Waals surface area contributed by atoms with E-state index in [4.69, 9.17) is 10.5 Å². The lowest BCUT2D eigenvalue weighted by Gasteiger charge is -2.37. The third kappa shape index (κ3) is 5.23. The topological polar surface area (TPSA) is 38.5 Å². The number of nitrogens with zero attached hydrogens (tertiary/aromatic N) is 1. The van der Waals surface area contributed by atoms with Crippen molar-refractivity contribution in [2.24, 2.45) is 11.1 Å². The SMILES string of the molecule is CCOCCN(CC)CC(C)(C)C(N)c1ccccc1. The summed E-state index contributed by atoms with van der Waals surface area (Å²) >= 11 is 0. The summed E-state index contributed by atoms with van der Waals surface area (Å²) < 4.78 is 5.45. The number of ether oxygens (including phenoxy) is 1. The molecule has 0 aliphatic heterocycles. The highest BCUT2D eigenvalue weighted by atomic mass is 16.5. The minimum atomic E-state index is 0.0313. The van der Waals surface area contributed by atoms with E-state index in [1.807, 2.05) is 13.0 Å². The summed E-state index contributed by atoms with van der Waals surface area (Å²) in [6.07, 6.45) is 0. The Labute approximate surface area is 124 Å². The van der Waals surface area contributed by atoms with E-state index in [-0.39, 0.29) is 11.5 Å². The van der Waals surface area contributed by atoms with Gasteiger partial charge in [-0.1, -0.05) is 51.1 Å². The maximum atomic E-state index is 6.47. The Bertz CT molecular complexity index is 365. The van der Waals surface area contributed by atoms with Crippen molar-refractivity contribution in [2.75, 3.05) is 32.8 Å². The molecule has 0 amide bonds. The van der Waals surface area contributed by atoms with Crippen LogP contribution in [0, 0.1) is 5.41 Å². The summed E-state index contributed by atoms with van der Waals surface area (Å²) in [5.74, 6) is 0. The molecule has 1 rings (SSSR count). The fraction of sp³-hybridized carbons (Fsp3) is 0.647. The van der Waals surface area contributed by atoms with E-state index in [1.54, 1.807) is 0 Å². The second-order valence-electron chi connectivity index (χ2n) is 5.94. The van der Waals surface area contributed by atoms with Gasteiger partial charge in [-0.05, 0) is 24.4 Å². The van der Waals surface area contributed by atoms with Crippen LogP contribution in [0.25, 0.3) is 0 Å². The highest BCUT2D eigenvalue weighted by Gasteiger charge is 2.29. The summed E-state index contributed by atoms with van der Waals surface area (Å²) in [5, 5.41) is 0. The Balaban J connectivity index is 2.62. The molecule has 0 saturated heterocycles. The molecule has 1 atom stereocenters. The van der Waals surface area contributed by atoms with Crippen LogP contribution in [-0.4, -0.2) is 37.7 Å². The molecule has 3 heteroatoms. The second kappa shape index (κ2) is 8.40. The second-order valence-corrected chi connectivity index (χ2v) is 5.94. The molecular weight excluding hydrogens is 248 g/mol. The predicted octanol–water partition coefficient (Wildman–Crippen LogP) is 3.07. The fourth-order valence-electron chi connectivity index (χ4n) is 2.47. The zero-order valence-corrected chi connectivity index (χ0v) is 13.4. The molecule has 0 aromatic heterocycles. The fourth-order valence-corrected chi connectivity index (χ4v) is 2.47. The number of nitrogens with two attached hydrogens (primary N) is 1. The van der Waals surface area contributed by atoms with Crippen molar-refractivity contribution in [3.8, 4) is 0 Å². The van der Waals surface area contributed by atoms with Crippen molar-refractivity contribution < 1.29 is 4.74 Å². The lowest BCUT2D eigenvalue weighted by atomic mass is 9.80. The molecule has 20 heavy (non-hydrogen) atoms. The molecular formula is C17H30N2O. The minimum Gasteiger partial charge on any atom is -0.380 e. The molecule has 1 aromatic carbocycles. The lowest BCUT2D eigenvalue weighted by Crippen LogP contribution is -2.42. The molecule has 1 aromatic rings. The maximum Gasteiger partial charge on any atom is 0.0593 e. The first kappa shape index (κ1) is 17.2. The van der Waals surface area contributed by atoms with Gasteiger partial charge in [0.25, 0.3) is 0 Å². The summed E-state index contributed by atoms with van der Waals surface area (Å²) in [6, 6.07) is 10.4. The molecule has 0 radical (unpaired) electrons. The third-order valence-electron chi connectivity index (χ3n) is 3.83. The largest absolute Gasteiger partial charge is 0.380 e. The monoisotopic (exact) mass is 278 g/mol. The summed E-state index contributed by atoms with van der Waals surface area (Å²) in [4.78, 5) is 2.42. The van der Waals surface area contributed by atoms with Gasteiger partial charge in [0.2, 0.25) is 0 Å². The Kier molecular flexibility index (Phi) is 7.20. The van der Waals surface area contributed by atoms with Crippen LogP contribution in [0.4, 0.5) is 0 Å². The van der Waals surface area contributed by atoms with Crippen LogP contribution in [0.15, 0.2) is 30.3 Å². The molecule has 114 valence electrons. The summed E-state index contributed by atoms with van der Waals surface area (Å²) in [5.41, 5.74) is 7.71. The van der Waals surface area contributed by atoms with Crippen molar-refractivity contribution >= 4 is 0 Å². The Morgan fingerprint density at radius 2 is 1.85 bits per heavy atom. The highest BCUT2D eigenvalue weighted by Crippen LogP contribution is 2.31. The van der Waals surface area contributed by atoms with Gasteiger partial charge in [0.15, 0.2) is 0 Å². The van der Waals surface area contributed by atoms with E-state index in [9.17, 15) is 0 Å². The van der Waals surface area contributed by atoms with Crippen molar-refractivity contribution in [1.29, 1.82) is 0 Å². The van der Waals surface area contributed by atoms with Crippen molar-refractivity contribution in [1.82, 2.24) is 4.90 Å². The molecule has 2 N–H and O–H groups in total. The van der Waals surface area contributed by atoms with Crippen LogP contribution in [0.5, 0.6) is 0 Å². The quantitative estimate of drug-likeness (QED) is 0.706. The van der Waals surface area contributed by atoms with Crippen LogP contribution >= 0.6 is 0 Å². The van der Waals surface area contributed by atoms with Crippen molar-refractivity contribution in [2.45, 2.75) is 33.7 Å². The Hall–Kier alpha value is -0.900. The molecule has 0 aliphatic carbocycles. The van der Waals surface area contributed by atoms with E-state index >= 15 is 0 Å². The standard InChI is InChI=1S/C17H30N2O/c1-5-19(12-13-20-6-2)14-17(3,4)16(18)15-10-8-7-9-11-15/h7-11,16H,5-6,12-14,18H2,1-4H3. The van der Waals surface area contributed by atoms with E-state index in [0.717, 1.165) is 32.8 Å². The first-order valence-electron chi connectivity index (χ1n) is 7.62. The number of rotatable bonds is 9. The lowest BCUT2D eigenvalue weighted by molar-refractivity contribution is 0.0905. The van der Waals surface area contributed by atoms with Crippen LogP contribution in [0.2, 0.25) is 0 Å². The van der Waals surface area contributed by atoms with Gasteiger partial charge < -0.3 is 15.4 Å². The number of benzene rings is 1. The minimum absolute atomic E-state index is 0.0313. The number of hydrogen-bond donors (Lipinski definition) is 1. The van der Waals surface area contributed by atoms with Crippen molar-refractivity contribution in [3.05, 3.63) is 35.9 Å². The first-order valence-corrected chi connectivity index (χ1v) is 7.62.